The number of nitrogens with zero attached hydrogens (tertiary/aromatic N) is 3. The third kappa shape index (κ3) is 2.45. The number of hydrogen-bond acceptors (Lipinski definition) is 6. The van der Waals surface area contributed by atoms with Crippen LogP contribution in [-0.4, -0.2) is 15.1 Å². The minimum absolute atomic E-state index is 0.167. The summed E-state index contributed by atoms with van der Waals surface area (Å²) < 4.78 is 5.09. The van der Waals surface area contributed by atoms with Crippen LogP contribution in [-0.2, 0) is 6.42 Å². The molecule has 0 spiro atoms. The van der Waals surface area contributed by atoms with Gasteiger partial charge in [-0.3, -0.25) is 0 Å². The van der Waals surface area contributed by atoms with Crippen molar-refractivity contribution in [2.24, 2.45) is 5.73 Å². The Morgan fingerprint density at radius 3 is 2.94 bits per heavy atom. The lowest BCUT2D eigenvalue weighted by atomic mass is 10.2. The van der Waals surface area contributed by atoms with Crippen LogP contribution < -0.4 is 5.73 Å². The van der Waals surface area contributed by atoms with Gasteiger partial charge in [-0.05, 0) is 13.3 Å². The molecule has 2 aromatic rings. The van der Waals surface area contributed by atoms with Crippen molar-refractivity contribution in [2.45, 2.75) is 32.7 Å². The molecule has 0 amide bonds. The van der Waals surface area contributed by atoms with Crippen molar-refractivity contribution in [2.75, 3.05) is 0 Å². The first-order valence-corrected chi connectivity index (χ1v) is 6.06. The quantitative estimate of drug-likeness (QED) is 0.879. The van der Waals surface area contributed by atoms with Gasteiger partial charge in [0, 0.05) is 11.1 Å². The zero-order valence-electron chi connectivity index (χ0n) is 9.30. The first-order chi connectivity index (χ1) is 7.69. The molecule has 86 valence electrons. The molecule has 0 saturated heterocycles. The maximum atomic E-state index is 5.80. The molecule has 0 aromatic carbocycles. The van der Waals surface area contributed by atoms with E-state index >= 15 is 0 Å². The second-order valence-corrected chi connectivity index (χ2v) is 4.57. The normalized spacial score (nSPS) is 12.9. The smallest absolute Gasteiger partial charge is 0.243 e. The monoisotopic (exact) mass is 238 g/mol. The number of thiazole rings is 1. The molecule has 2 rings (SSSR count). The van der Waals surface area contributed by atoms with Crippen LogP contribution in [0, 0.1) is 6.92 Å². The number of nitrogens with two attached hydrogens (primary N) is 1. The van der Waals surface area contributed by atoms with Crippen molar-refractivity contribution in [1.82, 2.24) is 15.1 Å². The van der Waals surface area contributed by atoms with Gasteiger partial charge < -0.3 is 10.3 Å². The first kappa shape index (κ1) is 11.2. The van der Waals surface area contributed by atoms with Crippen molar-refractivity contribution in [1.29, 1.82) is 0 Å². The maximum Gasteiger partial charge on any atom is 0.243 e. The zero-order chi connectivity index (χ0) is 11.5. The summed E-state index contributed by atoms with van der Waals surface area (Å²) >= 11 is 1.60. The largest absolute Gasteiger partial charge is 0.338 e. The first-order valence-electron chi connectivity index (χ1n) is 5.18. The van der Waals surface area contributed by atoms with Gasteiger partial charge in [-0.1, -0.05) is 12.1 Å². The van der Waals surface area contributed by atoms with E-state index in [1.807, 2.05) is 19.2 Å². The molecule has 2 aromatic heterocycles. The lowest BCUT2D eigenvalue weighted by Gasteiger charge is -1.98. The Kier molecular flexibility index (Phi) is 3.31. The highest BCUT2D eigenvalue weighted by Crippen LogP contribution is 2.15. The van der Waals surface area contributed by atoms with Gasteiger partial charge in [0.15, 0.2) is 5.82 Å². The SMILES string of the molecule is CC[C@@H](N)c1nc(Cc2nc(C)cs2)no1. The second-order valence-electron chi connectivity index (χ2n) is 3.62. The summed E-state index contributed by atoms with van der Waals surface area (Å²) in [5.41, 5.74) is 6.82. The molecule has 0 saturated carbocycles. The molecule has 0 unspecified atom stereocenters. The van der Waals surface area contributed by atoms with Crippen LogP contribution >= 0.6 is 11.3 Å². The average molecular weight is 238 g/mol. The van der Waals surface area contributed by atoms with Gasteiger partial charge in [0.1, 0.15) is 5.01 Å². The highest BCUT2D eigenvalue weighted by atomic mass is 32.1. The van der Waals surface area contributed by atoms with Crippen LogP contribution in [0.4, 0.5) is 0 Å². The molecule has 0 aliphatic heterocycles. The number of rotatable bonds is 4. The van der Waals surface area contributed by atoms with Crippen LogP contribution in [0.3, 0.4) is 0 Å². The van der Waals surface area contributed by atoms with Crippen LogP contribution in [0.25, 0.3) is 0 Å². The molecule has 0 aliphatic carbocycles. The fraction of sp³-hybridized carbons (Fsp3) is 0.500. The maximum absolute atomic E-state index is 5.80. The predicted molar refractivity (Wildman–Crippen MR) is 61.2 cm³/mol. The van der Waals surface area contributed by atoms with Gasteiger partial charge in [-0.2, -0.15) is 4.98 Å². The Hall–Kier alpha value is -1.27. The topological polar surface area (TPSA) is 77.8 Å². The second kappa shape index (κ2) is 4.71. The Morgan fingerprint density at radius 1 is 1.50 bits per heavy atom. The third-order valence-corrected chi connectivity index (χ3v) is 3.18. The Balaban J connectivity index is 2.08. The van der Waals surface area contributed by atoms with Crippen molar-refractivity contribution in [3.63, 3.8) is 0 Å². The van der Waals surface area contributed by atoms with E-state index in [2.05, 4.69) is 15.1 Å². The molecule has 5 nitrogen and oxygen atoms in total. The van der Waals surface area contributed by atoms with Crippen molar-refractivity contribution >= 4 is 11.3 Å². The van der Waals surface area contributed by atoms with Crippen molar-refractivity contribution in [3.05, 3.63) is 27.8 Å². The van der Waals surface area contributed by atoms with Crippen LogP contribution in [0.2, 0.25) is 0 Å². The van der Waals surface area contributed by atoms with Gasteiger partial charge in [0.25, 0.3) is 0 Å². The van der Waals surface area contributed by atoms with E-state index in [4.69, 9.17) is 10.3 Å². The van der Waals surface area contributed by atoms with Gasteiger partial charge in [0.2, 0.25) is 5.89 Å². The highest BCUT2D eigenvalue weighted by molar-refractivity contribution is 7.09. The molecule has 0 aliphatic rings. The third-order valence-electron chi connectivity index (χ3n) is 2.22. The van der Waals surface area contributed by atoms with Crippen molar-refractivity contribution < 1.29 is 4.52 Å². The van der Waals surface area contributed by atoms with E-state index in [1.165, 1.54) is 0 Å². The van der Waals surface area contributed by atoms with Crippen LogP contribution in [0.15, 0.2) is 9.90 Å². The summed E-state index contributed by atoms with van der Waals surface area (Å²) in [6, 6.07) is -0.167. The van der Waals surface area contributed by atoms with E-state index in [1.54, 1.807) is 11.3 Å². The van der Waals surface area contributed by atoms with Gasteiger partial charge >= 0.3 is 0 Å². The zero-order valence-corrected chi connectivity index (χ0v) is 10.1. The number of hydrogen-bond donors (Lipinski definition) is 1. The molecular formula is C10H14N4OS. The fourth-order valence-corrected chi connectivity index (χ4v) is 2.05. The van der Waals surface area contributed by atoms with E-state index < -0.39 is 0 Å². The van der Waals surface area contributed by atoms with E-state index in [0.29, 0.717) is 18.1 Å². The molecule has 2 N–H and O–H groups in total. The molecule has 0 bridgehead atoms. The minimum atomic E-state index is -0.167. The van der Waals surface area contributed by atoms with E-state index in [-0.39, 0.29) is 6.04 Å². The molecule has 16 heavy (non-hydrogen) atoms. The number of aromatic nitrogens is 3. The van der Waals surface area contributed by atoms with Gasteiger partial charge in [-0.25, -0.2) is 4.98 Å². The van der Waals surface area contributed by atoms with Crippen LogP contribution in [0.1, 0.15) is 41.8 Å². The summed E-state index contributed by atoms with van der Waals surface area (Å²) in [5, 5.41) is 6.89. The summed E-state index contributed by atoms with van der Waals surface area (Å²) in [6.45, 7) is 3.95. The molecule has 6 heteroatoms. The molecule has 1 atom stereocenters. The molecule has 0 radical (unpaired) electrons. The minimum Gasteiger partial charge on any atom is -0.338 e. The van der Waals surface area contributed by atoms with Gasteiger partial charge in [0.05, 0.1) is 12.5 Å². The van der Waals surface area contributed by atoms with Crippen molar-refractivity contribution in [3.8, 4) is 0 Å². The summed E-state index contributed by atoms with van der Waals surface area (Å²) in [5.74, 6) is 1.15. The average Bonchev–Trinajstić information content (AvgIpc) is 2.87. The summed E-state index contributed by atoms with van der Waals surface area (Å²) in [7, 11) is 0. The Bertz CT molecular complexity index is 465. The Labute approximate surface area is 97.7 Å². The lowest BCUT2D eigenvalue weighted by Crippen LogP contribution is -2.08. The summed E-state index contributed by atoms with van der Waals surface area (Å²) in [6.07, 6.45) is 1.40. The van der Waals surface area contributed by atoms with E-state index in [0.717, 1.165) is 17.1 Å². The molecular weight excluding hydrogens is 224 g/mol. The Morgan fingerprint density at radius 2 is 2.31 bits per heavy atom. The molecule has 0 fully saturated rings. The number of aryl methyl sites for hydroxylation is 1. The lowest BCUT2D eigenvalue weighted by molar-refractivity contribution is 0.348. The fourth-order valence-electron chi connectivity index (χ4n) is 1.28. The standard InChI is InChI=1S/C10H14N4OS/c1-3-7(11)10-13-8(14-15-10)4-9-12-6(2)5-16-9/h5,7H,3-4,11H2,1-2H3/t7-/m1/s1. The van der Waals surface area contributed by atoms with Crippen LogP contribution in [0.5, 0.6) is 0 Å². The molecule has 2 heterocycles. The van der Waals surface area contributed by atoms with E-state index in [9.17, 15) is 0 Å². The predicted octanol–water partition coefficient (Wildman–Crippen LogP) is 1.84. The van der Waals surface area contributed by atoms with Gasteiger partial charge in [-0.15, -0.1) is 11.3 Å². The summed E-state index contributed by atoms with van der Waals surface area (Å²) in [4.78, 5) is 8.60. The highest BCUT2D eigenvalue weighted by Gasteiger charge is 2.13.